The second-order valence-corrected chi connectivity index (χ2v) is 4.73. The van der Waals surface area contributed by atoms with Crippen LogP contribution in [0.4, 0.5) is 23.1 Å². The summed E-state index contributed by atoms with van der Waals surface area (Å²) in [5, 5.41) is 32.0. The van der Waals surface area contributed by atoms with Crippen molar-refractivity contribution in [2.45, 2.75) is 0 Å². The van der Waals surface area contributed by atoms with Gasteiger partial charge in [-0.25, -0.2) is 0 Å². The number of hydrogen-bond donors (Lipinski definition) is 2. The lowest BCUT2D eigenvalue weighted by Crippen LogP contribution is -2.03. The van der Waals surface area contributed by atoms with E-state index in [9.17, 15) is 0 Å². The van der Waals surface area contributed by atoms with E-state index in [1.165, 1.54) is 6.20 Å². The number of rotatable bonds is 4. The molecule has 2 N–H and O–H groups in total. The second kappa shape index (κ2) is 6.86. The van der Waals surface area contributed by atoms with Gasteiger partial charge in [-0.1, -0.05) is 24.3 Å². The fraction of sp³-hybridized carbons (Fsp3) is 0. The van der Waals surface area contributed by atoms with Crippen molar-refractivity contribution in [1.82, 2.24) is 15.2 Å². The first-order chi connectivity index (χ1) is 11.8. The molecule has 2 aromatic carbocycles. The Balaban J connectivity index is 1.85. The minimum absolute atomic E-state index is 0.247. The van der Waals surface area contributed by atoms with Crippen LogP contribution < -0.4 is 10.6 Å². The molecule has 1 aromatic heterocycles. The molecule has 0 atom stereocenters. The van der Waals surface area contributed by atoms with E-state index in [4.69, 9.17) is 10.5 Å². The fourth-order valence-corrected chi connectivity index (χ4v) is 2.05. The molecule has 0 aliphatic rings. The molecule has 0 saturated carbocycles. The number of hydrogen-bond acceptors (Lipinski definition) is 7. The Labute approximate surface area is 138 Å². The number of benzene rings is 2. The maximum Gasteiger partial charge on any atom is 0.249 e. The number of anilines is 4. The predicted octanol–water partition coefficient (Wildman–Crippen LogP) is 3.10. The zero-order valence-electron chi connectivity index (χ0n) is 12.4. The smallest absolute Gasteiger partial charge is 0.249 e. The van der Waals surface area contributed by atoms with Crippen LogP contribution >= 0.6 is 0 Å². The second-order valence-electron chi connectivity index (χ2n) is 4.73. The highest BCUT2D eigenvalue weighted by Gasteiger charge is 2.07. The summed E-state index contributed by atoms with van der Waals surface area (Å²) in [6.45, 7) is 0. The summed E-state index contributed by atoms with van der Waals surface area (Å²) in [5.41, 5.74) is 2.20. The molecule has 0 radical (unpaired) electrons. The van der Waals surface area contributed by atoms with Gasteiger partial charge in [0, 0.05) is 0 Å². The monoisotopic (exact) mass is 313 g/mol. The van der Waals surface area contributed by atoms with Gasteiger partial charge in [0.1, 0.15) is 12.1 Å². The minimum Gasteiger partial charge on any atom is -0.338 e. The molecule has 0 amide bonds. The molecule has 0 spiro atoms. The number of para-hydroxylation sites is 2. The predicted molar refractivity (Wildman–Crippen MR) is 88.7 cm³/mol. The van der Waals surface area contributed by atoms with E-state index in [-0.39, 0.29) is 5.95 Å². The molecule has 0 unspecified atom stereocenters. The van der Waals surface area contributed by atoms with E-state index in [0.29, 0.717) is 28.3 Å². The van der Waals surface area contributed by atoms with E-state index < -0.39 is 0 Å². The summed E-state index contributed by atoms with van der Waals surface area (Å²) in [5.74, 6) is 0.682. The molecule has 114 valence electrons. The third-order valence-electron chi connectivity index (χ3n) is 3.16. The number of nitrogens with zero attached hydrogens (tertiary/aromatic N) is 5. The zero-order chi connectivity index (χ0) is 16.8. The summed E-state index contributed by atoms with van der Waals surface area (Å²) in [6.07, 6.45) is 1.45. The first kappa shape index (κ1) is 14.9. The molecule has 0 bridgehead atoms. The Hall–Kier alpha value is -3.97. The molecule has 24 heavy (non-hydrogen) atoms. The lowest BCUT2D eigenvalue weighted by atomic mass is 10.2. The lowest BCUT2D eigenvalue weighted by molar-refractivity contribution is 0.982. The molecular weight excluding hydrogens is 302 g/mol. The van der Waals surface area contributed by atoms with Crippen molar-refractivity contribution in [3.63, 3.8) is 0 Å². The summed E-state index contributed by atoms with van der Waals surface area (Å²) in [4.78, 5) is 4.30. The van der Waals surface area contributed by atoms with Crippen molar-refractivity contribution in [3.8, 4) is 12.1 Å². The van der Waals surface area contributed by atoms with E-state index in [1.54, 1.807) is 36.4 Å². The highest BCUT2D eigenvalue weighted by Crippen LogP contribution is 2.21. The van der Waals surface area contributed by atoms with Crippen LogP contribution in [0.2, 0.25) is 0 Å². The lowest BCUT2D eigenvalue weighted by Gasteiger charge is -2.09. The Kier molecular flexibility index (Phi) is 4.27. The van der Waals surface area contributed by atoms with E-state index in [1.807, 2.05) is 12.1 Å². The van der Waals surface area contributed by atoms with Gasteiger partial charge >= 0.3 is 0 Å². The van der Waals surface area contributed by atoms with Gasteiger partial charge in [-0.3, -0.25) is 0 Å². The summed E-state index contributed by atoms with van der Waals surface area (Å²) in [7, 11) is 0. The van der Waals surface area contributed by atoms with Gasteiger partial charge in [0.25, 0.3) is 0 Å². The van der Waals surface area contributed by atoms with Crippen LogP contribution in [-0.2, 0) is 0 Å². The molecule has 3 rings (SSSR count). The molecule has 7 nitrogen and oxygen atoms in total. The van der Waals surface area contributed by atoms with Gasteiger partial charge in [-0.05, 0) is 24.3 Å². The summed E-state index contributed by atoms with van der Waals surface area (Å²) < 4.78 is 0. The van der Waals surface area contributed by atoms with Gasteiger partial charge in [0.15, 0.2) is 5.82 Å². The third kappa shape index (κ3) is 3.26. The maximum atomic E-state index is 9.12. The minimum atomic E-state index is 0.247. The third-order valence-corrected chi connectivity index (χ3v) is 3.16. The Morgan fingerprint density at radius 1 is 0.792 bits per heavy atom. The van der Waals surface area contributed by atoms with Crippen molar-refractivity contribution >= 4 is 23.1 Å². The van der Waals surface area contributed by atoms with Crippen LogP contribution in [0.15, 0.2) is 54.7 Å². The van der Waals surface area contributed by atoms with E-state index in [0.717, 1.165) is 0 Å². The largest absolute Gasteiger partial charge is 0.338 e. The van der Waals surface area contributed by atoms with Crippen molar-refractivity contribution < 1.29 is 0 Å². The number of nitrogens with one attached hydrogen (secondary N) is 2. The maximum absolute atomic E-state index is 9.12. The molecule has 7 heteroatoms. The van der Waals surface area contributed by atoms with Crippen LogP contribution in [0, 0.1) is 22.7 Å². The van der Waals surface area contributed by atoms with Crippen molar-refractivity contribution in [2.24, 2.45) is 0 Å². The van der Waals surface area contributed by atoms with Crippen LogP contribution in [0.1, 0.15) is 11.1 Å². The van der Waals surface area contributed by atoms with Crippen molar-refractivity contribution in [3.05, 3.63) is 65.9 Å². The van der Waals surface area contributed by atoms with E-state index in [2.05, 4.69) is 38.0 Å². The quantitative estimate of drug-likeness (QED) is 0.761. The average Bonchev–Trinajstić information content (AvgIpc) is 2.63. The zero-order valence-corrected chi connectivity index (χ0v) is 12.4. The average molecular weight is 313 g/mol. The first-order valence-corrected chi connectivity index (χ1v) is 7.02. The molecule has 0 aliphatic carbocycles. The van der Waals surface area contributed by atoms with Crippen molar-refractivity contribution in [1.29, 1.82) is 10.5 Å². The van der Waals surface area contributed by atoms with Crippen LogP contribution in [-0.4, -0.2) is 15.2 Å². The summed E-state index contributed by atoms with van der Waals surface area (Å²) in [6, 6.07) is 18.3. The van der Waals surface area contributed by atoms with Gasteiger partial charge in [-0.2, -0.15) is 20.6 Å². The van der Waals surface area contributed by atoms with Gasteiger partial charge < -0.3 is 10.6 Å². The van der Waals surface area contributed by atoms with Gasteiger partial charge in [0.2, 0.25) is 5.95 Å². The standard InChI is InChI=1S/C17H11N7/c18-9-12-5-1-3-7-14(12)21-16-11-20-24-17(23-16)22-15-8-4-2-6-13(15)10-19/h1-8,11H,(H2,21,22,23,24). The molecular formula is C17H11N7. The molecule has 1 heterocycles. The molecule has 3 aromatic rings. The number of aromatic nitrogens is 3. The van der Waals surface area contributed by atoms with Gasteiger partial charge in [0.05, 0.1) is 28.7 Å². The number of nitriles is 2. The van der Waals surface area contributed by atoms with Crippen LogP contribution in [0.25, 0.3) is 0 Å². The van der Waals surface area contributed by atoms with Crippen LogP contribution in [0.3, 0.4) is 0 Å². The molecule has 0 saturated heterocycles. The highest BCUT2D eigenvalue weighted by molar-refractivity contribution is 5.66. The summed E-state index contributed by atoms with van der Waals surface area (Å²) >= 11 is 0. The Morgan fingerprint density at radius 2 is 1.38 bits per heavy atom. The fourth-order valence-electron chi connectivity index (χ4n) is 2.05. The topological polar surface area (TPSA) is 110 Å². The molecule has 0 fully saturated rings. The SMILES string of the molecule is N#Cc1ccccc1Nc1cnnc(Nc2ccccc2C#N)n1. The Morgan fingerprint density at radius 3 is 2.00 bits per heavy atom. The first-order valence-electron chi connectivity index (χ1n) is 7.02. The van der Waals surface area contributed by atoms with Crippen molar-refractivity contribution in [2.75, 3.05) is 10.6 Å². The van der Waals surface area contributed by atoms with E-state index >= 15 is 0 Å². The van der Waals surface area contributed by atoms with Gasteiger partial charge in [-0.15, -0.1) is 5.10 Å². The van der Waals surface area contributed by atoms with Crippen LogP contribution in [0.5, 0.6) is 0 Å². The normalized spacial score (nSPS) is 9.58. The Bertz CT molecular complexity index is 879. The highest BCUT2D eigenvalue weighted by atomic mass is 15.3. The molecule has 0 aliphatic heterocycles.